The van der Waals surface area contributed by atoms with Gasteiger partial charge in [-0.25, -0.2) is 12.7 Å². The highest BCUT2D eigenvalue weighted by Crippen LogP contribution is 2.29. The van der Waals surface area contributed by atoms with Gasteiger partial charge in [-0.3, -0.25) is 4.79 Å². The summed E-state index contributed by atoms with van der Waals surface area (Å²) in [7, 11) is -3.57. The molecule has 0 radical (unpaired) electrons. The fourth-order valence-electron chi connectivity index (χ4n) is 3.85. The molecule has 1 fully saturated rings. The van der Waals surface area contributed by atoms with Crippen LogP contribution in [0.2, 0.25) is 10.0 Å². The zero-order valence-electron chi connectivity index (χ0n) is 17.8. The fourth-order valence-corrected chi connectivity index (χ4v) is 6.16. The number of halogens is 2. The summed E-state index contributed by atoms with van der Waals surface area (Å²) in [6.45, 7) is 4.69. The Labute approximate surface area is 194 Å². The molecule has 0 saturated carbocycles. The van der Waals surface area contributed by atoms with Crippen molar-refractivity contribution in [3.05, 3.63) is 69.2 Å². The van der Waals surface area contributed by atoms with Gasteiger partial charge in [-0.15, -0.1) is 0 Å². The molecule has 1 unspecified atom stereocenters. The van der Waals surface area contributed by atoms with Crippen LogP contribution in [0.4, 0.5) is 0 Å². The number of benzene rings is 2. The van der Waals surface area contributed by atoms with E-state index >= 15 is 0 Å². The number of sulfonamides is 1. The Kier molecular flexibility index (Phi) is 8.03. The van der Waals surface area contributed by atoms with Gasteiger partial charge in [0, 0.05) is 34.6 Å². The van der Waals surface area contributed by atoms with E-state index in [2.05, 4.69) is 5.32 Å². The molecule has 0 aliphatic carbocycles. The Bertz CT molecular complexity index is 997. The highest BCUT2D eigenvalue weighted by Gasteiger charge is 2.32. The van der Waals surface area contributed by atoms with E-state index in [1.165, 1.54) is 9.87 Å². The van der Waals surface area contributed by atoms with Gasteiger partial charge in [0.2, 0.25) is 15.9 Å². The first-order chi connectivity index (χ1) is 14.7. The van der Waals surface area contributed by atoms with Gasteiger partial charge in [0.15, 0.2) is 0 Å². The number of amides is 1. The van der Waals surface area contributed by atoms with Crippen LogP contribution in [0, 0.1) is 12.8 Å². The number of carbonyl (C=O) groups excluding carboxylic acids is 1. The van der Waals surface area contributed by atoms with Crippen molar-refractivity contribution in [2.24, 2.45) is 5.92 Å². The van der Waals surface area contributed by atoms with Crippen LogP contribution in [-0.2, 0) is 20.6 Å². The standard InChI is InChI=1S/C23H28Cl2N2O3S/c1-3-22(17-9-7-16(2)8-10-17)26-23(28)18-11-13-27(14-12-18)31(29,30)15-19-20(24)5-4-6-21(19)25/h4-10,18,22H,3,11-15H2,1-2H3,(H,26,28). The minimum Gasteiger partial charge on any atom is -0.349 e. The first kappa shape index (κ1) is 24.1. The molecule has 1 atom stereocenters. The average molecular weight is 483 g/mol. The summed E-state index contributed by atoms with van der Waals surface area (Å²) in [6, 6.07) is 13.1. The van der Waals surface area contributed by atoms with E-state index in [4.69, 9.17) is 23.2 Å². The maximum atomic E-state index is 12.9. The average Bonchev–Trinajstić information content (AvgIpc) is 2.75. The second kappa shape index (κ2) is 10.3. The number of nitrogens with zero attached hydrogens (tertiary/aromatic N) is 1. The molecule has 0 bridgehead atoms. The van der Waals surface area contributed by atoms with Crippen LogP contribution in [0.25, 0.3) is 0 Å². The van der Waals surface area contributed by atoms with Crippen LogP contribution >= 0.6 is 23.2 Å². The third-order valence-corrected chi connectivity index (χ3v) is 8.32. The largest absolute Gasteiger partial charge is 0.349 e. The summed E-state index contributed by atoms with van der Waals surface area (Å²) in [6.07, 6.45) is 1.78. The van der Waals surface area contributed by atoms with E-state index in [-0.39, 0.29) is 23.6 Å². The lowest BCUT2D eigenvalue weighted by Gasteiger charge is -2.31. The number of piperidine rings is 1. The van der Waals surface area contributed by atoms with E-state index in [0.29, 0.717) is 41.5 Å². The summed E-state index contributed by atoms with van der Waals surface area (Å²) >= 11 is 12.3. The van der Waals surface area contributed by atoms with Crippen LogP contribution < -0.4 is 5.32 Å². The monoisotopic (exact) mass is 482 g/mol. The molecule has 1 heterocycles. The Morgan fingerprint density at radius 1 is 1.10 bits per heavy atom. The second-order valence-corrected chi connectivity index (χ2v) is 10.8. The van der Waals surface area contributed by atoms with Gasteiger partial charge in [0.25, 0.3) is 0 Å². The van der Waals surface area contributed by atoms with Crippen molar-refractivity contribution in [1.82, 2.24) is 9.62 Å². The van der Waals surface area contributed by atoms with Crippen molar-refractivity contribution >= 4 is 39.1 Å². The minimum absolute atomic E-state index is 0.0152. The maximum absolute atomic E-state index is 12.9. The van der Waals surface area contributed by atoms with Crippen LogP contribution in [0.1, 0.15) is 48.9 Å². The molecule has 1 amide bonds. The molecule has 0 aromatic heterocycles. The van der Waals surface area contributed by atoms with Crippen LogP contribution in [0.5, 0.6) is 0 Å². The van der Waals surface area contributed by atoms with Crippen molar-refractivity contribution < 1.29 is 13.2 Å². The van der Waals surface area contributed by atoms with Gasteiger partial charge in [0.1, 0.15) is 0 Å². The predicted molar refractivity (Wildman–Crippen MR) is 126 cm³/mol. The van der Waals surface area contributed by atoms with Crippen molar-refractivity contribution in [3.8, 4) is 0 Å². The van der Waals surface area contributed by atoms with Crippen molar-refractivity contribution in [3.63, 3.8) is 0 Å². The van der Waals surface area contributed by atoms with E-state index in [1.807, 2.05) is 38.1 Å². The lowest BCUT2D eigenvalue weighted by atomic mass is 9.95. The summed E-state index contributed by atoms with van der Waals surface area (Å²) in [4.78, 5) is 12.8. The van der Waals surface area contributed by atoms with Gasteiger partial charge in [-0.05, 0) is 43.9 Å². The van der Waals surface area contributed by atoms with Gasteiger partial charge in [-0.1, -0.05) is 66.0 Å². The topological polar surface area (TPSA) is 66.5 Å². The molecule has 1 saturated heterocycles. The van der Waals surface area contributed by atoms with E-state index < -0.39 is 10.0 Å². The Balaban J connectivity index is 1.59. The third kappa shape index (κ3) is 6.01. The summed E-state index contributed by atoms with van der Waals surface area (Å²) in [5.41, 5.74) is 2.67. The van der Waals surface area contributed by atoms with Gasteiger partial charge in [0.05, 0.1) is 11.8 Å². The fraction of sp³-hybridized carbons (Fsp3) is 0.435. The third-order valence-electron chi connectivity index (χ3n) is 5.81. The van der Waals surface area contributed by atoms with Gasteiger partial charge < -0.3 is 5.32 Å². The Morgan fingerprint density at radius 3 is 2.23 bits per heavy atom. The molecule has 1 aliphatic rings. The molecule has 8 heteroatoms. The molecule has 3 rings (SSSR count). The lowest BCUT2D eigenvalue weighted by Crippen LogP contribution is -2.44. The van der Waals surface area contributed by atoms with Crippen LogP contribution in [-0.4, -0.2) is 31.7 Å². The molecule has 2 aromatic carbocycles. The molecular weight excluding hydrogens is 455 g/mol. The first-order valence-corrected chi connectivity index (χ1v) is 12.9. The van der Waals surface area contributed by atoms with Crippen molar-refractivity contribution in [2.45, 2.75) is 44.9 Å². The molecule has 31 heavy (non-hydrogen) atoms. The quantitative estimate of drug-likeness (QED) is 0.595. The molecule has 168 valence electrons. The smallest absolute Gasteiger partial charge is 0.223 e. The zero-order chi connectivity index (χ0) is 22.6. The van der Waals surface area contributed by atoms with Crippen LogP contribution in [0.3, 0.4) is 0 Å². The van der Waals surface area contributed by atoms with Crippen molar-refractivity contribution in [1.29, 1.82) is 0 Å². The second-order valence-electron chi connectivity index (χ2n) is 8.01. The summed E-state index contributed by atoms with van der Waals surface area (Å²) in [5, 5.41) is 3.82. The SMILES string of the molecule is CCC(NC(=O)C1CCN(S(=O)(=O)Cc2c(Cl)cccc2Cl)CC1)c1ccc(C)cc1. The van der Waals surface area contributed by atoms with Gasteiger partial charge >= 0.3 is 0 Å². The molecular formula is C23H28Cl2N2O3S. The summed E-state index contributed by atoms with van der Waals surface area (Å²) < 4.78 is 27.2. The number of hydrogen-bond donors (Lipinski definition) is 1. The Hall–Kier alpha value is -1.60. The highest BCUT2D eigenvalue weighted by atomic mass is 35.5. The molecule has 1 N–H and O–H groups in total. The molecule has 2 aromatic rings. The number of hydrogen-bond acceptors (Lipinski definition) is 3. The van der Waals surface area contributed by atoms with E-state index in [1.54, 1.807) is 18.2 Å². The molecule has 5 nitrogen and oxygen atoms in total. The lowest BCUT2D eigenvalue weighted by molar-refractivity contribution is -0.126. The number of aryl methyl sites for hydroxylation is 1. The predicted octanol–water partition coefficient (Wildman–Crippen LogP) is 5.11. The minimum atomic E-state index is -3.57. The number of rotatable bonds is 7. The van der Waals surface area contributed by atoms with Crippen LogP contribution in [0.15, 0.2) is 42.5 Å². The maximum Gasteiger partial charge on any atom is 0.223 e. The number of nitrogens with one attached hydrogen (secondary N) is 1. The van der Waals surface area contributed by atoms with Gasteiger partial charge in [-0.2, -0.15) is 0 Å². The van der Waals surface area contributed by atoms with Crippen molar-refractivity contribution in [2.75, 3.05) is 13.1 Å². The number of carbonyl (C=O) groups is 1. The van der Waals surface area contributed by atoms with E-state index in [9.17, 15) is 13.2 Å². The first-order valence-electron chi connectivity index (χ1n) is 10.5. The van der Waals surface area contributed by atoms with E-state index in [0.717, 1.165) is 12.0 Å². The highest BCUT2D eigenvalue weighted by molar-refractivity contribution is 7.88. The zero-order valence-corrected chi connectivity index (χ0v) is 20.1. The molecule has 1 aliphatic heterocycles. The Morgan fingerprint density at radius 2 is 1.68 bits per heavy atom. The summed E-state index contributed by atoms with van der Waals surface area (Å²) in [5.74, 6) is -0.457. The normalized spacial score (nSPS) is 16.8. The molecule has 0 spiro atoms.